The smallest absolute Gasteiger partial charge is 0.103 e. The van der Waals surface area contributed by atoms with Gasteiger partial charge in [-0.05, 0) is 11.5 Å². The molecule has 0 spiro atoms. The van der Waals surface area contributed by atoms with Gasteiger partial charge in [0, 0.05) is 18.4 Å². The van der Waals surface area contributed by atoms with Gasteiger partial charge in [-0.1, -0.05) is 38.1 Å². The van der Waals surface area contributed by atoms with Crippen molar-refractivity contribution in [2.45, 2.75) is 39.2 Å². The van der Waals surface area contributed by atoms with Crippen molar-refractivity contribution in [2.24, 2.45) is 0 Å². The molecule has 0 aromatic heterocycles. The predicted octanol–water partition coefficient (Wildman–Crippen LogP) is -0.736. The molecule has 132 valence electrons. The Hall–Kier alpha value is -0.900. The summed E-state index contributed by atoms with van der Waals surface area (Å²) in [5.41, 5.74) is 2.93. The van der Waals surface area contributed by atoms with Gasteiger partial charge in [0.05, 0.1) is 54.4 Å². The largest absolute Gasteiger partial charge is 0.340 e. The van der Waals surface area contributed by atoms with E-state index in [1.165, 1.54) is 56.7 Å². The molecule has 0 aliphatic rings. The summed E-state index contributed by atoms with van der Waals surface area (Å²) in [6, 6.07) is 9.30. The van der Waals surface area contributed by atoms with Crippen molar-refractivity contribution in [1.29, 1.82) is 0 Å². The van der Waals surface area contributed by atoms with Crippen LogP contribution in [0.25, 0.3) is 0 Å². The van der Waals surface area contributed by atoms with Crippen LogP contribution in [0.2, 0.25) is 0 Å². The normalized spacial score (nSPS) is 12.1. The summed E-state index contributed by atoms with van der Waals surface area (Å²) in [5.74, 6) is 0.624. The van der Waals surface area contributed by atoms with Crippen molar-refractivity contribution in [3.8, 4) is 0 Å². The van der Waals surface area contributed by atoms with Gasteiger partial charge in [-0.25, -0.2) is 0 Å². The van der Waals surface area contributed by atoms with Crippen molar-refractivity contribution in [1.82, 2.24) is 0 Å². The molecule has 0 saturated heterocycles. The first-order valence-corrected chi connectivity index (χ1v) is 9.39. The molecule has 3 nitrogen and oxygen atoms in total. The van der Waals surface area contributed by atoms with Crippen LogP contribution in [-0.4, -0.2) is 54.4 Å². The Bertz CT molecular complexity index is 395. The third-order valence-corrected chi connectivity index (χ3v) is 4.51. The average Bonchev–Trinajstić information content (AvgIpc) is 2.46. The van der Waals surface area contributed by atoms with E-state index in [0.29, 0.717) is 5.92 Å². The first-order valence-electron chi connectivity index (χ1n) is 9.39. The van der Waals surface area contributed by atoms with E-state index in [2.05, 4.69) is 66.3 Å². The van der Waals surface area contributed by atoms with Gasteiger partial charge in [0.1, 0.15) is 6.54 Å². The molecular weight excluding hydrogens is 282 g/mol. The maximum absolute atomic E-state index is 2.34. The number of hydrogen-bond acceptors (Lipinski definition) is 0. The highest BCUT2D eigenvalue weighted by Crippen LogP contribution is 2.14. The fraction of sp³-hybridized carbons (Fsp3) is 0.700. The summed E-state index contributed by atoms with van der Waals surface area (Å²) >= 11 is 0. The van der Waals surface area contributed by atoms with Crippen LogP contribution in [0.15, 0.2) is 24.3 Å². The SMILES string of the molecule is CC(C)c1ccc(C[NH+](CCC[NH+](C)C)CCC[NH+](C)C)cc1. The van der Waals surface area contributed by atoms with E-state index in [0.717, 1.165) is 0 Å². The Morgan fingerprint density at radius 2 is 1.22 bits per heavy atom. The van der Waals surface area contributed by atoms with Crippen molar-refractivity contribution in [3.63, 3.8) is 0 Å². The minimum atomic E-state index is 0.624. The summed E-state index contributed by atoms with van der Waals surface area (Å²) < 4.78 is 0. The Balaban J connectivity index is 2.55. The molecule has 23 heavy (non-hydrogen) atoms. The van der Waals surface area contributed by atoms with Crippen LogP contribution >= 0.6 is 0 Å². The van der Waals surface area contributed by atoms with Crippen LogP contribution < -0.4 is 14.7 Å². The van der Waals surface area contributed by atoms with Crippen molar-refractivity contribution in [2.75, 3.05) is 54.4 Å². The topological polar surface area (TPSA) is 13.3 Å². The number of hydrogen-bond donors (Lipinski definition) is 3. The molecule has 3 heteroatoms. The van der Waals surface area contributed by atoms with E-state index in [1.807, 2.05) is 0 Å². The van der Waals surface area contributed by atoms with Gasteiger partial charge in [-0.15, -0.1) is 0 Å². The lowest BCUT2D eigenvalue weighted by atomic mass is 10.0. The minimum absolute atomic E-state index is 0.624. The molecule has 3 N–H and O–H groups in total. The Morgan fingerprint density at radius 3 is 1.61 bits per heavy atom. The van der Waals surface area contributed by atoms with Crippen molar-refractivity contribution in [3.05, 3.63) is 35.4 Å². The van der Waals surface area contributed by atoms with E-state index in [9.17, 15) is 0 Å². The summed E-state index contributed by atoms with van der Waals surface area (Å²) in [6.45, 7) is 10.8. The fourth-order valence-electron chi connectivity index (χ4n) is 2.99. The first-order chi connectivity index (χ1) is 10.9. The lowest BCUT2D eigenvalue weighted by Gasteiger charge is -2.21. The minimum Gasteiger partial charge on any atom is -0.340 e. The molecular formula is C20H40N3+3. The van der Waals surface area contributed by atoms with Gasteiger partial charge in [0.25, 0.3) is 0 Å². The highest BCUT2D eigenvalue weighted by atomic mass is 15.1. The van der Waals surface area contributed by atoms with E-state index in [-0.39, 0.29) is 0 Å². The molecule has 0 aliphatic heterocycles. The van der Waals surface area contributed by atoms with Gasteiger partial charge in [-0.2, -0.15) is 0 Å². The maximum Gasteiger partial charge on any atom is 0.103 e. The molecule has 1 rings (SSSR count). The molecule has 0 heterocycles. The van der Waals surface area contributed by atoms with E-state index in [1.54, 1.807) is 14.7 Å². The molecule has 0 atom stereocenters. The van der Waals surface area contributed by atoms with Crippen LogP contribution in [0.3, 0.4) is 0 Å². The second kappa shape index (κ2) is 10.8. The zero-order valence-corrected chi connectivity index (χ0v) is 16.3. The van der Waals surface area contributed by atoms with Gasteiger partial charge in [0.15, 0.2) is 0 Å². The lowest BCUT2D eigenvalue weighted by molar-refractivity contribution is -0.925. The van der Waals surface area contributed by atoms with E-state index < -0.39 is 0 Å². The lowest BCUT2D eigenvalue weighted by Crippen LogP contribution is -3.13. The third-order valence-electron chi connectivity index (χ3n) is 4.51. The highest BCUT2D eigenvalue weighted by Gasteiger charge is 2.12. The fourth-order valence-corrected chi connectivity index (χ4v) is 2.99. The summed E-state index contributed by atoms with van der Waals surface area (Å²) in [5, 5.41) is 0. The van der Waals surface area contributed by atoms with Crippen LogP contribution in [0.4, 0.5) is 0 Å². The molecule has 0 amide bonds. The molecule has 0 saturated carbocycles. The van der Waals surface area contributed by atoms with Gasteiger partial charge < -0.3 is 14.7 Å². The average molecular weight is 323 g/mol. The molecule has 0 fully saturated rings. The van der Waals surface area contributed by atoms with Crippen molar-refractivity contribution < 1.29 is 14.7 Å². The first kappa shape index (κ1) is 20.1. The molecule has 0 aliphatic carbocycles. The van der Waals surface area contributed by atoms with Gasteiger partial charge in [-0.3, -0.25) is 0 Å². The quantitative estimate of drug-likeness (QED) is 0.475. The third kappa shape index (κ3) is 9.09. The highest BCUT2D eigenvalue weighted by molar-refractivity contribution is 5.24. The zero-order valence-electron chi connectivity index (χ0n) is 16.3. The van der Waals surface area contributed by atoms with Crippen LogP contribution in [0.1, 0.15) is 43.7 Å². The zero-order chi connectivity index (χ0) is 17.2. The molecule has 1 aromatic rings. The van der Waals surface area contributed by atoms with E-state index in [4.69, 9.17) is 0 Å². The Labute approximate surface area is 144 Å². The van der Waals surface area contributed by atoms with E-state index >= 15 is 0 Å². The number of nitrogens with one attached hydrogen (secondary N) is 3. The monoisotopic (exact) mass is 322 g/mol. The number of rotatable bonds is 11. The summed E-state index contributed by atoms with van der Waals surface area (Å²) in [7, 11) is 9.00. The summed E-state index contributed by atoms with van der Waals surface area (Å²) in [6.07, 6.45) is 2.63. The van der Waals surface area contributed by atoms with Crippen molar-refractivity contribution >= 4 is 0 Å². The second-order valence-corrected chi connectivity index (χ2v) is 7.94. The number of quaternary nitrogens is 3. The van der Waals surface area contributed by atoms with Gasteiger partial charge in [0.2, 0.25) is 0 Å². The summed E-state index contributed by atoms with van der Waals surface area (Å²) in [4.78, 5) is 4.86. The Morgan fingerprint density at radius 1 is 0.739 bits per heavy atom. The van der Waals surface area contributed by atoms with Crippen LogP contribution in [-0.2, 0) is 6.54 Å². The van der Waals surface area contributed by atoms with Crippen LogP contribution in [0, 0.1) is 0 Å². The molecule has 0 unspecified atom stereocenters. The Kier molecular flexibility index (Phi) is 9.46. The molecule has 0 bridgehead atoms. The second-order valence-electron chi connectivity index (χ2n) is 7.94. The molecule has 0 radical (unpaired) electrons. The molecule has 1 aromatic carbocycles. The van der Waals surface area contributed by atoms with Crippen LogP contribution in [0.5, 0.6) is 0 Å². The van der Waals surface area contributed by atoms with Gasteiger partial charge >= 0.3 is 0 Å². The predicted molar refractivity (Wildman–Crippen MR) is 99.5 cm³/mol. The maximum atomic E-state index is 2.34. The number of benzene rings is 1. The standard InChI is InChI=1S/C20H37N3/c1-18(2)20-11-9-19(10-12-20)17-23(15-7-13-21(3)4)16-8-14-22(5)6/h9-12,18H,7-8,13-17H2,1-6H3/p+3.